The highest BCUT2D eigenvalue weighted by molar-refractivity contribution is 5.76. The van der Waals surface area contributed by atoms with E-state index in [0.717, 1.165) is 0 Å². The molecule has 1 amide bonds. The summed E-state index contributed by atoms with van der Waals surface area (Å²) in [5.41, 5.74) is 0. The van der Waals surface area contributed by atoms with E-state index in [1.165, 1.54) is 38.5 Å². The quantitative estimate of drug-likeness (QED) is 0.571. The van der Waals surface area contributed by atoms with E-state index in [9.17, 15) is 4.79 Å². The average molecular weight is 239 g/mol. The van der Waals surface area contributed by atoms with Crippen LogP contribution in [0.4, 0.5) is 0 Å². The summed E-state index contributed by atoms with van der Waals surface area (Å²) in [6.07, 6.45) is 9.91. The lowest BCUT2D eigenvalue weighted by Crippen LogP contribution is -2.34. The lowest BCUT2D eigenvalue weighted by molar-refractivity contribution is -0.132. The van der Waals surface area contributed by atoms with E-state index in [1.807, 2.05) is 0 Å². The SMILES string of the molecule is C=CCN(CCO)C(=O)CC1CCCCCC1. The molecule has 0 atom stereocenters. The number of hydrogen-bond acceptors (Lipinski definition) is 2. The number of carbonyl (C=O) groups is 1. The van der Waals surface area contributed by atoms with Gasteiger partial charge in [0.25, 0.3) is 0 Å². The standard InChI is InChI=1S/C14H25NO2/c1-2-9-15(10-11-16)14(17)12-13-7-5-3-4-6-8-13/h2,13,16H,1,3-12H2. The van der Waals surface area contributed by atoms with Gasteiger partial charge in [0, 0.05) is 19.5 Å². The Balaban J connectivity index is 2.40. The number of hydrogen-bond donors (Lipinski definition) is 1. The van der Waals surface area contributed by atoms with Gasteiger partial charge in [-0.3, -0.25) is 4.79 Å². The Bertz CT molecular complexity index is 232. The van der Waals surface area contributed by atoms with Crippen molar-refractivity contribution in [3.8, 4) is 0 Å². The van der Waals surface area contributed by atoms with Crippen molar-refractivity contribution < 1.29 is 9.90 Å². The summed E-state index contributed by atoms with van der Waals surface area (Å²) in [6, 6.07) is 0. The fraction of sp³-hybridized carbons (Fsp3) is 0.786. The first kappa shape index (κ1) is 14.2. The molecule has 98 valence electrons. The van der Waals surface area contributed by atoms with E-state index in [1.54, 1.807) is 11.0 Å². The molecule has 0 aromatic carbocycles. The van der Waals surface area contributed by atoms with Crippen molar-refractivity contribution in [3.05, 3.63) is 12.7 Å². The fourth-order valence-corrected chi connectivity index (χ4v) is 2.54. The molecule has 3 heteroatoms. The molecule has 0 spiro atoms. The van der Waals surface area contributed by atoms with Crippen molar-refractivity contribution in [2.24, 2.45) is 5.92 Å². The number of nitrogens with zero attached hydrogens (tertiary/aromatic N) is 1. The molecule has 1 N–H and O–H groups in total. The third kappa shape index (κ3) is 5.35. The molecule has 1 fully saturated rings. The normalized spacial score (nSPS) is 17.5. The van der Waals surface area contributed by atoms with Gasteiger partial charge < -0.3 is 10.0 Å². The van der Waals surface area contributed by atoms with Crippen molar-refractivity contribution >= 4 is 5.91 Å². The molecule has 0 heterocycles. The molecule has 0 bridgehead atoms. The van der Waals surface area contributed by atoms with E-state index in [4.69, 9.17) is 5.11 Å². The van der Waals surface area contributed by atoms with Crippen LogP contribution in [0.5, 0.6) is 0 Å². The van der Waals surface area contributed by atoms with Gasteiger partial charge in [-0.25, -0.2) is 0 Å². The molecule has 1 rings (SSSR count). The Morgan fingerprint density at radius 2 is 1.94 bits per heavy atom. The van der Waals surface area contributed by atoms with Crippen molar-refractivity contribution in [2.45, 2.75) is 44.9 Å². The topological polar surface area (TPSA) is 40.5 Å². The van der Waals surface area contributed by atoms with Gasteiger partial charge in [0.05, 0.1) is 6.61 Å². The van der Waals surface area contributed by atoms with Gasteiger partial charge in [-0.1, -0.05) is 31.8 Å². The number of aliphatic hydroxyl groups is 1. The van der Waals surface area contributed by atoms with Crippen LogP contribution in [0, 0.1) is 5.92 Å². The second-order valence-electron chi connectivity index (χ2n) is 4.91. The molecule has 1 aliphatic rings. The molecule has 0 saturated heterocycles. The van der Waals surface area contributed by atoms with Gasteiger partial charge in [0.2, 0.25) is 5.91 Å². The zero-order chi connectivity index (χ0) is 12.5. The minimum absolute atomic E-state index is 0.0320. The second kappa shape index (κ2) is 8.29. The van der Waals surface area contributed by atoms with E-state index in [2.05, 4.69) is 6.58 Å². The Hall–Kier alpha value is -0.830. The van der Waals surface area contributed by atoms with E-state index in [-0.39, 0.29) is 12.5 Å². The van der Waals surface area contributed by atoms with Crippen LogP contribution in [0.2, 0.25) is 0 Å². The molecular formula is C14H25NO2. The van der Waals surface area contributed by atoms with Gasteiger partial charge in [-0.15, -0.1) is 6.58 Å². The molecule has 0 radical (unpaired) electrons. The average Bonchev–Trinajstić information content (AvgIpc) is 2.57. The van der Waals surface area contributed by atoms with Crippen LogP contribution in [0.3, 0.4) is 0 Å². The predicted octanol–water partition coefficient (Wildman–Crippen LogP) is 2.35. The van der Waals surface area contributed by atoms with E-state index < -0.39 is 0 Å². The lowest BCUT2D eigenvalue weighted by Gasteiger charge is -2.22. The molecule has 0 aliphatic heterocycles. The van der Waals surface area contributed by atoms with Gasteiger partial charge >= 0.3 is 0 Å². The van der Waals surface area contributed by atoms with Gasteiger partial charge in [0.1, 0.15) is 0 Å². The van der Waals surface area contributed by atoms with E-state index in [0.29, 0.717) is 25.4 Å². The summed E-state index contributed by atoms with van der Waals surface area (Å²) in [7, 11) is 0. The van der Waals surface area contributed by atoms with Gasteiger partial charge in [-0.2, -0.15) is 0 Å². The van der Waals surface area contributed by atoms with Crippen molar-refractivity contribution in [3.63, 3.8) is 0 Å². The fourth-order valence-electron chi connectivity index (χ4n) is 2.54. The first-order valence-corrected chi connectivity index (χ1v) is 6.77. The number of rotatable bonds is 6. The zero-order valence-corrected chi connectivity index (χ0v) is 10.7. The van der Waals surface area contributed by atoms with Crippen LogP contribution in [0.25, 0.3) is 0 Å². The van der Waals surface area contributed by atoms with Gasteiger partial charge in [-0.05, 0) is 18.8 Å². The van der Waals surface area contributed by atoms with Crippen LogP contribution in [-0.4, -0.2) is 35.6 Å². The summed E-state index contributed by atoms with van der Waals surface area (Å²) in [4.78, 5) is 13.8. The third-order valence-electron chi connectivity index (χ3n) is 3.51. The molecule has 1 saturated carbocycles. The largest absolute Gasteiger partial charge is 0.395 e. The predicted molar refractivity (Wildman–Crippen MR) is 69.7 cm³/mol. The Labute approximate surface area is 105 Å². The number of carbonyl (C=O) groups excluding carboxylic acids is 1. The highest BCUT2D eigenvalue weighted by Crippen LogP contribution is 2.25. The second-order valence-corrected chi connectivity index (χ2v) is 4.91. The lowest BCUT2D eigenvalue weighted by atomic mass is 9.96. The molecule has 1 aliphatic carbocycles. The molecule has 0 aromatic rings. The zero-order valence-electron chi connectivity index (χ0n) is 10.7. The number of aliphatic hydroxyl groups excluding tert-OH is 1. The maximum absolute atomic E-state index is 12.1. The van der Waals surface area contributed by atoms with Crippen molar-refractivity contribution in [1.29, 1.82) is 0 Å². The number of amides is 1. The summed E-state index contributed by atoms with van der Waals surface area (Å²) in [5.74, 6) is 0.724. The van der Waals surface area contributed by atoms with E-state index >= 15 is 0 Å². The van der Waals surface area contributed by atoms with Crippen LogP contribution < -0.4 is 0 Å². The highest BCUT2D eigenvalue weighted by atomic mass is 16.3. The summed E-state index contributed by atoms with van der Waals surface area (Å²) in [6.45, 7) is 4.66. The maximum atomic E-state index is 12.1. The summed E-state index contributed by atoms with van der Waals surface area (Å²) in [5, 5.41) is 8.93. The Kier molecular flexibility index (Phi) is 6.94. The Morgan fingerprint density at radius 1 is 1.29 bits per heavy atom. The first-order valence-electron chi connectivity index (χ1n) is 6.77. The van der Waals surface area contributed by atoms with Crippen LogP contribution in [0.1, 0.15) is 44.9 Å². The minimum Gasteiger partial charge on any atom is -0.395 e. The molecule has 3 nitrogen and oxygen atoms in total. The van der Waals surface area contributed by atoms with Crippen molar-refractivity contribution in [1.82, 2.24) is 4.90 Å². The first-order chi connectivity index (χ1) is 8.27. The van der Waals surface area contributed by atoms with Crippen LogP contribution >= 0.6 is 0 Å². The van der Waals surface area contributed by atoms with Crippen LogP contribution in [-0.2, 0) is 4.79 Å². The monoisotopic (exact) mass is 239 g/mol. The molecular weight excluding hydrogens is 214 g/mol. The minimum atomic E-state index is 0.0320. The Morgan fingerprint density at radius 3 is 2.47 bits per heavy atom. The molecule has 17 heavy (non-hydrogen) atoms. The smallest absolute Gasteiger partial charge is 0.223 e. The molecule has 0 aromatic heterocycles. The van der Waals surface area contributed by atoms with Crippen LogP contribution in [0.15, 0.2) is 12.7 Å². The molecule has 0 unspecified atom stereocenters. The summed E-state index contributed by atoms with van der Waals surface area (Å²) < 4.78 is 0. The maximum Gasteiger partial charge on any atom is 0.223 e. The highest BCUT2D eigenvalue weighted by Gasteiger charge is 2.19. The van der Waals surface area contributed by atoms with Gasteiger partial charge in [0.15, 0.2) is 0 Å². The van der Waals surface area contributed by atoms with Crippen molar-refractivity contribution in [2.75, 3.05) is 19.7 Å². The third-order valence-corrected chi connectivity index (χ3v) is 3.51. The summed E-state index contributed by atoms with van der Waals surface area (Å²) >= 11 is 0.